The summed E-state index contributed by atoms with van der Waals surface area (Å²) in [4.78, 5) is 40.3. The van der Waals surface area contributed by atoms with Crippen molar-refractivity contribution in [3.8, 4) is 0 Å². The molecule has 1 aromatic heterocycles. The van der Waals surface area contributed by atoms with Gasteiger partial charge in [0.15, 0.2) is 6.23 Å². The summed E-state index contributed by atoms with van der Waals surface area (Å²) in [5.74, 6) is -0.0801. The van der Waals surface area contributed by atoms with E-state index in [1.165, 1.54) is 6.07 Å². The minimum absolute atomic E-state index is 0.0801. The van der Waals surface area contributed by atoms with Gasteiger partial charge in [-0.2, -0.15) is 9.88 Å². The number of aliphatic hydroxyl groups is 2. The predicted octanol–water partition coefficient (Wildman–Crippen LogP) is -3.17. The SMILES string of the molecule is C[N+](C)CCOP(=O)([O-])OP(=O)([O-])OCC1OC(n2ccc(N)nc2=O)C(O)C1O. The third kappa shape index (κ3) is 6.90. The summed E-state index contributed by atoms with van der Waals surface area (Å²) >= 11 is 0. The van der Waals surface area contributed by atoms with Crippen molar-refractivity contribution in [3.05, 3.63) is 22.7 Å². The number of nitrogen functional groups attached to an aromatic ring is 1. The van der Waals surface area contributed by atoms with Gasteiger partial charge in [-0.25, -0.2) is 9.11 Å². The molecule has 2 heterocycles. The van der Waals surface area contributed by atoms with Gasteiger partial charge in [-0.1, -0.05) is 0 Å². The molecule has 30 heavy (non-hydrogen) atoms. The van der Waals surface area contributed by atoms with Crippen LogP contribution in [0.4, 0.5) is 5.82 Å². The highest BCUT2D eigenvalue weighted by atomic mass is 31.3. The molecule has 0 spiro atoms. The lowest BCUT2D eigenvalue weighted by atomic mass is 10.1. The zero-order valence-electron chi connectivity index (χ0n) is 16.0. The average molecular weight is 472 g/mol. The molecule has 0 aliphatic carbocycles. The molecule has 4 N–H and O–H groups in total. The molecule has 2 rings (SSSR count). The lowest BCUT2D eigenvalue weighted by Crippen LogP contribution is -2.36. The molecule has 6 atom stereocenters. The number of ether oxygens (including phenoxy) is 1. The summed E-state index contributed by atoms with van der Waals surface area (Å²) in [5.41, 5.74) is 4.49. The van der Waals surface area contributed by atoms with Gasteiger partial charge in [0.05, 0.1) is 6.61 Å². The molecule has 1 aliphatic rings. The summed E-state index contributed by atoms with van der Waals surface area (Å²) in [7, 11) is -7.36. The van der Waals surface area contributed by atoms with Crippen LogP contribution >= 0.6 is 15.6 Å². The van der Waals surface area contributed by atoms with Crippen LogP contribution in [0.3, 0.4) is 0 Å². The van der Waals surface area contributed by atoms with Crippen LogP contribution in [-0.4, -0.2) is 71.9 Å². The minimum Gasteiger partial charge on any atom is -0.756 e. The second-order valence-corrected chi connectivity index (χ2v) is 9.46. The maximum absolute atomic E-state index is 11.9. The van der Waals surface area contributed by atoms with E-state index >= 15 is 0 Å². The Morgan fingerprint density at radius 2 is 1.90 bits per heavy atom. The van der Waals surface area contributed by atoms with E-state index in [4.69, 9.17) is 10.5 Å². The summed E-state index contributed by atoms with van der Waals surface area (Å²) in [6.45, 7) is -1.08. The highest BCUT2D eigenvalue weighted by Gasteiger charge is 2.44. The number of phosphoric ester groups is 2. The third-order valence-electron chi connectivity index (χ3n) is 3.85. The van der Waals surface area contributed by atoms with Crippen LogP contribution < -0.4 is 26.1 Å². The Morgan fingerprint density at radius 3 is 2.50 bits per heavy atom. The van der Waals surface area contributed by atoms with E-state index in [1.54, 1.807) is 19.0 Å². The number of phosphoric acid groups is 2. The van der Waals surface area contributed by atoms with Crippen LogP contribution in [0, 0.1) is 0 Å². The molecule has 15 nitrogen and oxygen atoms in total. The highest BCUT2D eigenvalue weighted by Crippen LogP contribution is 2.55. The second kappa shape index (κ2) is 9.94. The number of hydrogen-bond acceptors (Lipinski definition) is 14. The zero-order valence-corrected chi connectivity index (χ0v) is 17.8. The molecule has 0 amide bonds. The maximum Gasteiger partial charge on any atom is 0.351 e. The molecule has 1 radical (unpaired) electrons. The molecule has 6 unspecified atom stereocenters. The lowest BCUT2D eigenvalue weighted by molar-refractivity contribution is -0.245. The van der Waals surface area contributed by atoms with E-state index in [9.17, 15) is 33.9 Å². The number of nitrogens with zero attached hydrogens (tertiary/aromatic N) is 3. The maximum atomic E-state index is 11.9. The molecule has 1 aliphatic heterocycles. The fraction of sp³-hybridized carbons (Fsp3) is 0.692. The van der Waals surface area contributed by atoms with Crippen molar-refractivity contribution in [2.45, 2.75) is 24.5 Å². The highest BCUT2D eigenvalue weighted by molar-refractivity contribution is 7.59. The summed E-state index contributed by atoms with van der Waals surface area (Å²) in [6.07, 6.45) is -5.01. The minimum atomic E-state index is -5.42. The summed E-state index contributed by atoms with van der Waals surface area (Å²) in [6, 6.07) is 1.25. The molecular weight excluding hydrogens is 450 g/mol. The van der Waals surface area contributed by atoms with E-state index in [0.29, 0.717) is 0 Å². The molecule has 17 heteroatoms. The van der Waals surface area contributed by atoms with Gasteiger partial charge in [0.1, 0.15) is 51.4 Å². The number of nitrogens with two attached hydrogens (primary N) is 1. The van der Waals surface area contributed by atoms with Crippen molar-refractivity contribution in [2.24, 2.45) is 0 Å². The van der Waals surface area contributed by atoms with E-state index < -0.39 is 52.5 Å². The van der Waals surface area contributed by atoms with E-state index in [0.717, 1.165) is 10.8 Å². The van der Waals surface area contributed by atoms with Gasteiger partial charge < -0.3 is 39.5 Å². The number of aliphatic hydroxyl groups excluding tert-OH is 2. The Kier molecular flexibility index (Phi) is 8.29. The Hall–Kier alpha value is -1.22. The van der Waals surface area contributed by atoms with Gasteiger partial charge in [0, 0.05) is 6.20 Å². The van der Waals surface area contributed by atoms with Crippen LogP contribution in [-0.2, 0) is 27.2 Å². The summed E-state index contributed by atoms with van der Waals surface area (Å²) in [5, 5.41) is 20.1. The van der Waals surface area contributed by atoms with E-state index in [1.807, 2.05) is 0 Å². The van der Waals surface area contributed by atoms with Gasteiger partial charge in [0.2, 0.25) is 0 Å². The topological polar surface area (TPSA) is 224 Å². The monoisotopic (exact) mass is 472 g/mol. The van der Waals surface area contributed by atoms with Crippen molar-refractivity contribution < 1.29 is 47.2 Å². The molecule has 1 aromatic rings. The van der Waals surface area contributed by atoms with Crippen molar-refractivity contribution in [3.63, 3.8) is 0 Å². The average Bonchev–Trinajstić information content (AvgIpc) is 2.87. The first-order chi connectivity index (χ1) is 13.8. The van der Waals surface area contributed by atoms with Gasteiger partial charge in [-0.3, -0.25) is 13.7 Å². The zero-order chi connectivity index (χ0) is 22.7. The molecular formula is C13H22N4O11P2-. The largest absolute Gasteiger partial charge is 0.756 e. The van der Waals surface area contributed by atoms with Crippen molar-refractivity contribution >= 4 is 21.5 Å². The third-order valence-corrected chi connectivity index (χ3v) is 6.41. The molecule has 0 aromatic carbocycles. The molecule has 0 bridgehead atoms. The molecule has 1 saturated heterocycles. The first-order valence-electron chi connectivity index (χ1n) is 8.45. The Morgan fingerprint density at radius 1 is 1.27 bits per heavy atom. The van der Waals surface area contributed by atoms with Gasteiger partial charge in [0.25, 0.3) is 15.6 Å². The Bertz CT molecular complexity index is 881. The first kappa shape index (κ1) is 25.0. The quantitative estimate of drug-likeness (QED) is 0.226. The van der Waals surface area contributed by atoms with Crippen LogP contribution in [0.25, 0.3) is 0 Å². The fourth-order valence-corrected chi connectivity index (χ4v) is 4.38. The standard InChI is InChI=1S/C13H24N4O11P2/c1-16(2)5-6-25-29(21,22)28-30(23,24)26-7-8-10(18)11(19)12(27-8)17-4-3-9(14)15-13(17)20/h3-4,8,10-12,18-19H,5-7H2,1-2H3,(H,21,22)(H,23,24)(H2,14,15,20)/q+1/p-2. The Balaban J connectivity index is 1.96. The normalized spacial score (nSPS) is 28.4. The van der Waals surface area contributed by atoms with Crippen LogP contribution in [0.15, 0.2) is 17.1 Å². The first-order valence-corrected chi connectivity index (χ1v) is 11.4. The van der Waals surface area contributed by atoms with Crippen molar-refractivity contribution in [1.29, 1.82) is 0 Å². The van der Waals surface area contributed by atoms with Gasteiger partial charge >= 0.3 is 5.69 Å². The predicted molar refractivity (Wildman–Crippen MR) is 95.9 cm³/mol. The number of rotatable bonds is 10. The summed E-state index contributed by atoms with van der Waals surface area (Å²) < 4.78 is 42.2. The van der Waals surface area contributed by atoms with E-state index in [-0.39, 0.29) is 19.0 Å². The lowest BCUT2D eigenvalue weighted by Gasteiger charge is -2.31. The van der Waals surface area contributed by atoms with Crippen molar-refractivity contribution in [2.75, 3.05) is 39.6 Å². The second-order valence-electron chi connectivity index (χ2n) is 6.50. The van der Waals surface area contributed by atoms with Crippen LogP contribution in [0.5, 0.6) is 0 Å². The number of aromatic nitrogens is 2. The van der Waals surface area contributed by atoms with Crippen LogP contribution in [0.1, 0.15) is 6.23 Å². The number of anilines is 1. The van der Waals surface area contributed by atoms with Gasteiger partial charge in [-0.15, -0.1) is 0 Å². The molecule has 171 valence electrons. The van der Waals surface area contributed by atoms with Crippen molar-refractivity contribution in [1.82, 2.24) is 14.5 Å². The van der Waals surface area contributed by atoms with Crippen LogP contribution in [0.2, 0.25) is 0 Å². The smallest absolute Gasteiger partial charge is 0.351 e. The Labute approximate surface area is 170 Å². The molecule has 0 saturated carbocycles. The number of likely N-dealkylation sites (N-methyl/N-ethyl adjacent to an activating group) is 1. The fourth-order valence-electron chi connectivity index (χ4n) is 2.39. The molecule has 1 fully saturated rings. The van der Waals surface area contributed by atoms with E-state index in [2.05, 4.69) is 18.3 Å². The number of hydrogen-bond donors (Lipinski definition) is 3. The van der Waals surface area contributed by atoms with Gasteiger partial charge in [-0.05, 0) is 6.07 Å².